The quantitative estimate of drug-likeness (QED) is 0.367. The molecule has 0 atom stereocenters. The molecule has 0 fully saturated rings. The van der Waals surface area contributed by atoms with E-state index < -0.39 is 7.82 Å². The number of carbonyl (C=O) groups excluding carboxylic acids is 2. The lowest BCUT2D eigenvalue weighted by Crippen LogP contribution is -2.22. The van der Waals surface area contributed by atoms with Crippen LogP contribution in [0.4, 0.5) is 0 Å². The first-order valence-electron chi connectivity index (χ1n) is 9.02. The number of benzene rings is 2. The Labute approximate surface area is 163 Å². The number of carbonyl (C=O) groups is 2. The van der Waals surface area contributed by atoms with Gasteiger partial charge in [-0.2, -0.15) is 0 Å². The predicted octanol–water partition coefficient (Wildman–Crippen LogP) is 2.81. The Bertz CT molecular complexity index is 897. The molecule has 0 aliphatic heterocycles. The minimum absolute atomic E-state index is 0.0527. The molecule has 150 valence electrons. The highest BCUT2D eigenvalue weighted by Crippen LogP contribution is 2.28. The van der Waals surface area contributed by atoms with Crippen molar-refractivity contribution >= 4 is 19.4 Å². The van der Waals surface area contributed by atoms with E-state index in [9.17, 15) is 9.59 Å². The molecule has 8 heteroatoms. The fourth-order valence-corrected chi connectivity index (χ4v) is 2.99. The van der Waals surface area contributed by atoms with Gasteiger partial charge in [0.25, 0.3) is 0 Å². The third-order valence-electron chi connectivity index (χ3n) is 4.28. The summed E-state index contributed by atoms with van der Waals surface area (Å²) in [6, 6.07) is 12.6. The van der Waals surface area contributed by atoms with Crippen LogP contribution in [0.3, 0.4) is 0 Å². The highest BCUT2D eigenvalue weighted by molar-refractivity contribution is 7.45. The number of rotatable bonds is 6. The summed E-state index contributed by atoms with van der Waals surface area (Å²) in [5, 5.41) is 3.39. The molecule has 0 spiro atoms. The molecular formula is C20H24NO6P. The molecule has 0 bridgehead atoms. The van der Waals surface area contributed by atoms with E-state index in [1.807, 2.05) is 12.1 Å². The van der Waals surface area contributed by atoms with Gasteiger partial charge in [0.2, 0.25) is 0 Å². The first kappa shape index (κ1) is 22.1. The van der Waals surface area contributed by atoms with Crippen LogP contribution in [0.1, 0.15) is 63.6 Å². The lowest BCUT2D eigenvalue weighted by atomic mass is 9.83. The van der Waals surface area contributed by atoms with Gasteiger partial charge < -0.3 is 20.0 Å². The van der Waals surface area contributed by atoms with Crippen molar-refractivity contribution in [1.82, 2.24) is 5.32 Å². The van der Waals surface area contributed by atoms with Gasteiger partial charge in [0.05, 0.1) is 0 Å². The third kappa shape index (κ3) is 6.19. The minimum Gasteiger partial charge on any atom is -0.313 e. The Morgan fingerprint density at radius 2 is 1.39 bits per heavy atom. The minimum atomic E-state index is -4.64. The van der Waals surface area contributed by atoms with Crippen LogP contribution in [-0.2, 0) is 11.1 Å². The number of nitrogens with one attached hydrogen (secondary N) is 1. The van der Waals surface area contributed by atoms with Crippen molar-refractivity contribution in [1.29, 1.82) is 0 Å². The summed E-state index contributed by atoms with van der Waals surface area (Å²) in [4.78, 5) is 46.7. The van der Waals surface area contributed by atoms with Crippen LogP contribution >= 0.6 is 7.82 Å². The predicted molar refractivity (Wildman–Crippen MR) is 105 cm³/mol. The molecule has 3 rings (SSSR count). The summed E-state index contributed by atoms with van der Waals surface area (Å²) in [6.45, 7) is 3.88. The fourth-order valence-electron chi connectivity index (χ4n) is 2.99. The summed E-state index contributed by atoms with van der Waals surface area (Å²) in [5.41, 5.74) is 3.11. The third-order valence-corrected chi connectivity index (χ3v) is 4.28. The average Bonchev–Trinajstić information content (AvgIpc) is 2.64. The van der Waals surface area contributed by atoms with Gasteiger partial charge in [-0.25, -0.2) is 4.57 Å². The molecule has 2 aromatic carbocycles. The van der Waals surface area contributed by atoms with E-state index in [1.165, 1.54) is 12.8 Å². The van der Waals surface area contributed by atoms with Crippen LogP contribution in [0, 0.1) is 0 Å². The van der Waals surface area contributed by atoms with Crippen molar-refractivity contribution < 1.29 is 28.8 Å². The van der Waals surface area contributed by atoms with Crippen LogP contribution in [0.15, 0.2) is 42.5 Å². The Morgan fingerprint density at radius 3 is 1.96 bits per heavy atom. The van der Waals surface area contributed by atoms with Crippen molar-refractivity contribution in [3.05, 3.63) is 70.3 Å². The van der Waals surface area contributed by atoms with Crippen LogP contribution in [0.5, 0.6) is 0 Å². The molecule has 0 aromatic heterocycles. The smallest absolute Gasteiger partial charge is 0.313 e. The average molecular weight is 405 g/mol. The van der Waals surface area contributed by atoms with Gasteiger partial charge in [-0.1, -0.05) is 50.1 Å². The maximum absolute atomic E-state index is 12.6. The monoisotopic (exact) mass is 405 g/mol. The molecular weight excluding hydrogens is 381 g/mol. The molecule has 1 aliphatic rings. The first-order chi connectivity index (χ1) is 13.2. The molecule has 2 aromatic rings. The molecule has 0 saturated carbocycles. The molecule has 0 saturated heterocycles. The Kier molecular flexibility index (Phi) is 7.80. The normalized spacial score (nSPS) is 12.7. The molecule has 7 nitrogen and oxygen atoms in total. The molecule has 28 heavy (non-hydrogen) atoms. The second-order valence-corrected chi connectivity index (χ2v) is 7.51. The largest absolute Gasteiger partial charge is 0.466 e. The molecule has 0 radical (unpaired) electrons. The van der Waals surface area contributed by atoms with E-state index in [2.05, 4.69) is 12.2 Å². The van der Waals surface area contributed by atoms with Gasteiger partial charge in [-0.05, 0) is 30.7 Å². The number of hydrogen-bond donors (Lipinski definition) is 4. The maximum atomic E-state index is 12.6. The SMILES string of the molecule is CCCCCNCc1ccc2c(c1)C(=O)c1ccccc1C2=O.O=P(O)(O)O. The van der Waals surface area contributed by atoms with Crippen LogP contribution in [-0.4, -0.2) is 32.8 Å². The van der Waals surface area contributed by atoms with Crippen LogP contribution in [0.25, 0.3) is 0 Å². The van der Waals surface area contributed by atoms with Crippen LogP contribution in [0.2, 0.25) is 0 Å². The van der Waals surface area contributed by atoms with Gasteiger partial charge in [0.15, 0.2) is 11.6 Å². The van der Waals surface area contributed by atoms with Crippen molar-refractivity contribution in [2.24, 2.45) is 0 Å². The Balaban J connectivity index is 0.000000500. The van der Waals surface area contributed by atoms with Crippen LogP contribution < -0.4 is 5.32 Å². The first-order valence-corrected chi connectivity index (χ1v) is 10.6. The van der Waals surface area contributed by atoms with Gasteiger partial charge in [-0.3, -0.25) is 9.59 Å². The summed E-state index contributed by atoms with van der Waals surface area (Å²) in [6.07, 6.45) is 3.59. The topological polar surface area (TPSA) is 124 Å². The van der Waals surface area contributed by atoms with Gasteiger partial charge in [0, 0.05) is 28.8 Å². The molecule has 0 unspecified atom stereocenters. The standard InChI is InChI=1S/C20H21NO2.H3O4P/c1-2-3-6-11-21-13-14-9-10-17-18(12-14)20(23)16-8-5-4-7-15(16)19(17)22;1-5(2,3)4/h4-5,7-10,12,21H,2-3,6,11,13H2,1H3;(H3,1,2,3,4). The summed E-state index contributed by atoms with van der Waals surface area (Å²) < 4.78 is 8.88. The van der Waals surface area contributed by atoms with E-state index in [0.717, 1.165) is 25.1 Å². The summed E-state index contributed by atoms with van der Waals surface area (Å²) >= 11 is 0. The van der Waals surface area contributed by atoms with Crippen molar-refractivity contribution in [2.75, 3.05) is 6.54 Å². The lowest BCUT2D eigenvalue weighted by molar-refractivity contribution is 0.0979. The molecule has 0 heterocycles. The van der Waals surface area contributed by atoms with E-state index in [0.29, 0.717) is 22.3 Å². The zero-order valence-electron chi connectivity index (χ0n) is 15.6. The number of fused-ring (bicyclic) bond motifs is 2. The zero-order valence-corrected chi connectivity index (χ0v) is 16.5. The van der Waals surface area contributed by atoms with Gasteiger partial charge in [0.1, 0.15) is 0 Å². The molecule has 1 aliphatic carbocycles. The van der Waals surface area contributed by atoms with E-state index in [1.54, 1.807) is 30.3 Å². The molecule has 0 amide bonds. The maximum Gasteiger partial charge on any atom is 0.466 e. The van der Waals surface area contributed by atoms with Crippen molar-refractivity contribution in [3.63, 3.8) is 0 Å². The summed E-state index contributed by atoms with van der Waals surface area (Å²) in [7, 11) is -4.64. The van der Waals surface area contributed by atoms with Crippen molar-refractivity contribution in [3.8, 4) is 0 Å². The van der Waals surface area contributed by atoms with Crippen molar-refractivity contribution in [2.45, 2.75) is 32.7 Å². The number of hydrogen-bond acceptors (Lipinski definition) is 4. The second-order valence-electron chi connectivity index (χ2n) is 6.48. The fraction of sp³-hybridized carbons (Fsp3) is 0.300. The number of phosphoric acid groups is 1. The van der Waals surface area contributed by atoms with E-state index >= 15 is 0 Å². The molecule has 4 N–H and O–H groups in total. The van der Waals surface area contributed by atoms with Gasteiger partial charge in [-0.15, -0.1) is 0 Å². The number of unbranched alkanes of at least 4 members (excludes halogenated alkanes) is 2. The Hall–Kier alpha value is -2.15. The lowest BCUT2D eigenvalue weighted by Gasteiger charge is -2.18. The second kappa shape index (κ2) is 9.87. The van der Waals surface area contributed by atoms with E-state index in [-0.39, 0.29) is 11.6 Å². The highest BCUT2D eigenvalue weighted by Gasteiger charge is 2.29. The summed E-state index contributed by atoms with van der Waals surface area (Å²) in [5.74, 6) is -0.110. The highest BCUT2D eigenvalue weighted by atomic mass is 31.2. The van der Waals surface area contributed by atoms with E-state index in [4.69, 9.17) is 19.2 Å². The Morgan fingerprint density at radius 1 is 0.857 bits per heavy atom. The van der Waals surface area contributed by atoms with Gasteiger partial charge >= 0.3 is 7.82 Å². The number of ketones is 2. The zero-order chi connectivity index (χ0) is 20.7.